The van der Waals surface area contributed by atoms with Gasteiger partial charge in [-0.25, -0.2) is 0 Å². The first-order valence-corrected chi connectivity index (χ1v) is 8.24. The maximum atomic E-state index is 6.27. The van der Waals surface area contributed by atoms with Gasteiger partial charge >= 0.3 is 0 Å². The van der Waals surface area contributed by atoms with E-state index in [1.54, 1.807) is 0 Å². The maximum Gasteiger partial charge on any atom is 0.0624 e. The number of nitrogens with one attached hydrogen (secondary N) is 1. The van der Waals surface area contributed by atoms with E-state index in [9.17, 15) is 0 Å². The van der Waals surface area contributed by atoms with E-state index in [-0.39, 0.29) is 0 Å². The number of halogens is 1. The lowest BCUT2D eigenvalue weighted by atomic mass is 9.91. The molecule has 1 unspecified atom stereocenters. The molecule has 0 amide bonds. The summed E-state index contributed by atoms with van der Waals surface area (Å²) < 4.78 is 0. The maximum absolute atomic E-state index is 6.27. The molecule has 1 aromatic rings. The Hall–Kier alpha value is -0.640. The summed E-state index contributed by atoms with van der Waals surface area (Å²) in [5.41, 5.74) is 1.10. The van der Waals surface area contributed by atoms with Gasteiger partial charge in [0, 0.05) is 18.7 Å². The highest BCUT2D eigenvalue weighted by Gasteiger charge is 2.25. The molecule has 1 atom stereocenters. The van der Waals surface area contributed by atoms with E-state index >= 15 is 0 Å². The summed E-state index contributed by atoms with van der Waals surface area (Å²) in [4.78, 5) is 7.11. The van der Waals surface area contributed by atoms with Crippen LogP contribution in [0.3, 0.4) is 0 Å². The molecule has 0 aliphatic carbocycles. The van der Waals surface area contributed by atoms with E-state index in [1.807, 2.05) is 18.3 Å². The lowest BCUT2D eigenvalue weighted by molar-refractivity contribution is 0.168. The highest BCUT2D eigenvalue weighted by molar-refractivity contribution is 6.31. The molecule has 1 aromatic heterocycles. The van der Waals surface area contributed by atoms with Gasteiger partial charge in [0.2, 0.25) is 0 Å². The molecule has 4 heteroatoms. The average molecular weight is 294 g/mol. The van der Waals surface area contributed by atoms with Gasteiger partial charge in [-0.3, -0.25) is 4.98 Å². The Labute approximate surface area is 126 Å². The summed E-state index contributed by atoms with van der Waals surface area (Å²) in [6.45, 7) is 6.04. The van der Waals surface area contributed by atoms with Gasteiger partial charge < -0.3 is 10.2 Å². The summed E-state index contributed by atoms with van der Waals surface area (Å²) >= 11 is 6.27. The molecule has 0 bridgehead atoms. The number of piperidine rings is 2. The summed E-state index contributed by atoms with van der Waals surface area (Å²) in [5.74, 6) is 1.39. The van der Waals surface area contributed by atoms with Crippen LogP contribution in [-0.4, -0.2) is 42.6 Å². The fourth-order valence-electron chi connectivity index (χ4n) is 3.53. The highest BCUT2D eigenvalue weighted by atomic mass is 35.5. The van der Waals surface area contributed by atoms with Crippen molar-refractivity contribution in [2.24, 2.45) is 5.92 Å². The van der Waals surface area contributed by atoms with Gasteiger partial charge in [-0.2, -0.15) is 0 Å². The minimum atomic E-state index is 0.546. The standard InChI is InChI=1S/C16H24ClN3/c17-15-4-2-8-19-16(15)14-5-9-20(10-6-14)12-13-3-1-7-18-11-13/h2,4,8,13-14,18H,1,3,5-7,9-12H2. The summed E-state index contributed by atoms with van der Waals surface area (Å²) in [6.07, 6.45) is 6.97. The first-order chi connectivity index (χ1) is 9.83. The Morgan fingerprint density at radius 1 is 1.30 bits per heavy atom. The van der Waals surface area contributed by atoms with Gasteiger partial charge in [-0.15, -0.1) is 0 Å². The topological polar surface area (TPSA) is 28.2 Å². The second kappa shape index (κ2) is 6.88. The van der Waals surface area contributed by atoms with Crippen molar-refractivity contribution in [1.82, 2.24) is 15.2 Å². The largest absolute Gasteiger partial charge is 0.316 e. The summed E-state index contributed by atoms with van der Waals surface area (Å²) in [7, 11) is 0. The molecule has 2 aliphatic rings. The van der Waals surface area contributed by atoms with Crippen molar-refractivity contribution in [3.63, 3.8) is 0 Å². The van der Waals surface area contributed by atoms with Crippen LogP contribution in [0.5, 0.6) is 0 Å². The SMILES string of the molecule is Clc1cccnc1C1CCN(CC2CCCNC2)CC1. The molecule has 2 saturated heterocycles. The predicted molar refractivity (Wildman–Crippen MR) is 83.3 cm³/mol. The van der Waals surface area contributed by atoms with Gasteiger partial charge in [0.1, 0.15) is 0 Å². The number of rotatable bonds is 3. The monoisotopic (exact) mass is 293 g/mol. The average Bonchev–Trinajstić information content (AvgIpc) is 2.50. The van der Waals surface area contributed by atoms with Gasteiger partial charge in [0.25, 0.3) is 0 Å². The number of hydrogen-bond acceptors (Lipinski definition) is 3. The van der Waals surface area contributed by atoms with Crippen LogP contribution in [0, 0.1) is 5.92 Å². The smallest absolute Gasteiger partial charge is 0.0624 e. The molecule has 110 valence electrons. The molecule has 2 aliphatic heterocycles. The van der Waals surface area contributed by atoms with Crippen molar-refractivity contribution in [2.75, 3.05) is 32.7 Å². The first-order valence-electron chi connectivity index (χ1n) is 7.86. The molecular weight excluding hydrogens is 270 g/mol. The number of pyridine rings is 1. The zero-order chi connectivity index (χ0) is 13.8. The van der Waals surface area contributed by atoms with Crippen molar-refractivity contribution in [3.8, 4) is 0 Å². The van der Waals surface area contributed by atoms with Crippen molar-refractivity contribution < 1.29 is 0 Å². The third kappa shape index (κ3) is 3.51. The molecule has 0 aromatic carbocycles. The summed E-state index contributed by atoms with van der Waals surface area (Å²) in [5, 5.41) is 4.35. The third-order valence-corrected chi connectivity index (χ3v) is 5.00. The van der Waals surface area contributed by atoms with Crippen LogP contribution in [-0.2, 0) is 0 Å². The molecule has 3 nitrogen and oxygen atoms in total. The normalized spacial score (nSPS) is 25.8. The Morgan fingerprint density at radius 3 is 2.85 bits per heavy atom. The number of aromatic nitrogens is 1. The van der Waals surface area contributed by atoms with E-state index in [0.717, 1.165) is 16.6 Å². The highest BCUT2D eigenvalue weighted by Crippen LogP contribution is 2.31. The molecule has 0 spiro atoms. The number of nitrogens with zero attached hydrogens (tertiary/aromatic N) is 2. The van der Waals surface area contributed by atoms with Gasteiger partial charge in [0.05, 0.1) is 10.7 Å². The van der Waals surface area contributed by atoms with E-state index in [0.29, 0.717) is 5.92 Å². The van der Waals surface area contributed by atoms with Crippen LogP contribution in [0.25, 0.3) is 0 Å². The molecule has 1 N–H and O–H groups in total. The van der Waals surface area contributed by atoms with Gasteiger partial charge in [-0.05, 0) is 69.9 Å². The zero-order valence-corrected chi connectivity index (χ0v) is 12.8. The van der Waals surface area contributed by atoms with Crippen LogP contribution < -0.4 is 5.32 Å². The second-order valence-corrected chi connectivity index (χ2v) is 6.56. The molecule has 3 heterocycles. The minimum absolute atomic E-state index is 0.546. The Bertz CT molecular complexity index is 423. The van der Waals surface area contributed by atoms with Gasteiger partial charge in [-0.1, -0.05) is 11.6 Å². The molecule has 20 heavy (non-hydrogen) atoms. The molecular formula is C16H24ClN3. The van der Waals surface area contributed by atoms with E-state index < -0.39 is 0 Å². The van der Waals surface area contributed by atoms with E-state index in [1.165, 1.54) is 58.4 Å². The minimum Gasteiger partial charge on any atom is -0.316 e. The lowest BCUT2D eigenvalue weighted by Gasteiger charge is -2.35. The Morgan fingerprint density at radius 2 is 2.15 bits per heavy atom. The second-order valence-electron chi connectivity index (χ2n) is 6.16. The van der Waals surface area contributed by atoms with Crippen molar-refractivity contribution in [2.45, 2.75) is 31.6 Å². The van der Waals surface area contributed by atoms with Crippen LogP contribution in [0.15, 0.2) is 18.3 Å². The Kier molecular flexibility index (Phi) is 4.92. The number of likely N-dealkylation sites (tertiary alicyclic amines) is 1. The molecule has 2 fully saturated rings. The van der Waals surface area contributed by atoms with Gasteiger partial charge in [0.15, 0.2) is 0 Å². The molecule has 3 rings (SSSR count). The van der Waals surface area contributed by atoms with Crippen molar-refractivity contribution >= 4 is 11.6 Å². The fourth-order valence-corrected chi connectivity index (χ4v) is 3.81. The zero-order valence-electron chi connectivity index (χ0n) is 12.0. The van der Waals surface area contributed by atoms with Crippen molar-refractivity contribution in [1.29, 1.82) is 0 Å². The Balaban J connectivity index is 1.50. The first kappa shape index (κ1) is 14.3. The molecule has 0 radical (unpaired) electrons. The van der Waals surface area contributed by atoms with Crippen LogP contribution >= 0.6 is 11.6 Å². The quantitative estimate of drug-likeness (QED) is 0.929. The van der Waals surface area contributed by atoms with E-state index in [2.05, 4.69) is 15.2 Å². The molecule has 0 saturated carbocycles. The summed E-state index contributed by atoms with van der Waals surface area (Å²) in [6, 6.07) is 3.88. The van der Waals surface area contributed by atoms with Crippen LogP contribution in [0.4, 0.5) is 0 Å². The predicted octanol–water partition coefficient (Wildman–Crippen LogP) is 2.91. The number of hydrogen-bond donors (Lipinski definition) is 1. The van der Waals surface area contributed by atoms with Crippen LogP contribution in [0.2, 0.25) is 5.02 Å². The van der Waals surface area contributed by atoms with E-state index in [4.69, 9.17) is 11.6 Å². The fraction of sp³-hybridized carbons (Fsp3) is 0.688. The lowest BCUT2D eigenvalue weighted by Crippen LogP contribution is -2.41. The van der Waals surface area contributed by atoms with Crippen molar-refractivity contribution in [3.05, 3.63) is 29.0 Å². The third-order valence-electron chi connectivity index (χ3n) is 4.68. The van der Waals surface area contributed by atoms with Crippen LogP contribution in [0.1, 0.15) is 37.3 Å².